The number of thioether (sulfide) groups is 1. The predicted octanol–water partition coefficient (Wildman–Crippen LogP) is 5.02. The minimum absolute atomic E-state index is 0.0317. The standard InChI is InChI=1S/C21H24O3S/c1-5-24-19(22)14-16-13-17(21(2,3)4)11-12-18(16)25-20(23)15-9-7-6-8-10-15/h6-13H,5,14H2,1-4H3. The van der Waals surface area contributed by atoms with Crippen molar-refractivity contribution >= 4 is 22.8 Å². The summed E-state index contributed by atoms with van der Waals surface area (Å²) in [6, 6.07) is 15.1. The van der Waals surface area contributed by atoms with Crippen LogP contribution in [0, 0.1) is 0 Å². The van der Waals surface area contributed by atoms with Crippen molar-refractivity contribution in [3.8, 4) is 0 Å². The average Bonchev–Trinajstić information content (AvgIpc) is 2.56. The summed E-state index contributed by atoms with van der Waals surface area (Å²) in [7, 11) is 0. The Bertz CT molecular complexity index is 745. The number of hydrogen-bond acceptors (Lipinski definition) is 4. The van der Waals surface area contributed by atoms with E-state index in [2.05, 4.69) is 20.8 Å². The van der Waals surface area contributed by atoms with Gasteiger partial charge in [-0.05, 0) is 41.3 Å². The zero-order valence-electron chi connectivity index (χ0n) is 15.2. The summed E-state index contributed by atoms with van der Waals surface area (Å²) in [6.07, 6.45) is 0.169. The Hall–Kier alpha value is -2.07. The molecule has 0 heterocycles. The molecule has 0 spiro atoms. The van der Waals surface area contributed by atoms with Gasteiger partial charge in [-0.15, -0.1) is 0 Å². The molecule has 2 rings (SSSR count). The van der Waals surface area contributed by atoms with Crippen LogP contribution in [-0.2, 0) is 21.4 Å². The van der Waals surface area contributed by atoms with E-state index in [9.17, 15) is 9.59 Å². The van der Waals surface area contributed by atoms with Gasteiger partial charge in [-0.3, -0.25) is 9.59 Å². The zero-order valence-corrected chi connectivity index (χ0v) is 16.0. The Balaban J connectivity index is 2.32. The first-order chi connectivity index (χ1) is 11.8. The first-order valence-electron chi connectivity index (χ1n) is 8.37. The molecule has 0 fully saturated rings. The summed E-state index contributed by atoms with van der Waals surface area (Å²) in [4.78, 5) is 25.3. The number of benzene rings is 2. The maximum Gasteiger partial charge on any atom is 0.310 e. The molecular formula is C21H24O3S. The molecule has 3 nitrogen and oxygen atoms in total. The van der Waals surface area contributed by atoms with Crippen LogP contribution in [0.2, 0.25) is 0 Å². The fraction of sp³-hybridized carbons (Fsp3) is 0.333. The van der Waals surface area contributed by atoms with E-state index in [1.165, 1.54) is 0 Å². The molecule has 0 radical (unpaired) electrons. The Morgan fingerprint density at radius 1 is 1.04 bits per heavy atom. The van der Waals surface area contributed by atoms with Crippen LogP contribution >= 0.6 is 11.8 Å². The van der Waals surface area contributed by atoms with Gasteiger partial charge in [0.2, 0.25) is 5.12 Å². The van der Waals surface area contributed by atoms with Crippen LogP contribution in [-0.4, -0.2) is 17.7 Å². The van der Waals surface area contributed by atoms with Crippen molar-refractivity contribution in [3.05, 3.63) is 65.2 Å². The number of esters is 1. The molecule has 2 aromatic carbocycles. The molecule has 0 bridgehead atoms. The summed E-state index contributed by atoms with van der Waals surface area (Å²) in [6.45, 7) is 8.51. The lowest BCUT2D eigenvalue weighted by Crippen LogP contribution is -2.14. The third-order valence-electron chi connectivity index (χ3n) is 3.78. The number of ether oxygens (including phenoxy) is 1. The van der Waals surface area contributed by atoms with Gasteiger partial charge in [-0.2, -0.15) is 0 Å². The monoisotopic (exact) mass is 356 g/mol. The minimum atomic E-state index is -0.275. The van der Waals surface area contributed by atoms with E-state index in [0.29, 0.717) is 12.2 Å². The molecule has 0 amide bonds. The second-order valence-electron chi connectivity index (χ2n) is 6.81. The van der Waals surface area contributed by atoms with Crippen LogP contribution < -0.4 is 0 Å². The molecule has 0 atom stereocenters. The highest BCUT2D eigenvalue weighted by atomic mass is 32.2. The summed E-state index contributed by atoms with van der Waals surface area (Å²) < 4.78 is 5.08. The molecule has 132 valence electrons. The Morgan fingerprint density at radius 3 is 2.32 bits per heavy atom. The van der Waals surface area contributed by atoms with E-state index < -0.39 is 0 Å². The summed E-state index contributed by atoms with van der Waals surface area (Å²) in [5, 5.41) is -0.0331. The molecule has 0 N–H and O–H groups in total. The molecule has 4 heteroatoms. The van der Waals surface area contributed by atoms with Gasteiger partial charge in [-0.25, -0.2) is 0 Å². The molecule has 0 unspecified atom stereocenters. The van der Waals surface area contributed by atoms with Gasteiger partial charge in [0.1, 0.15) is 0 Å². The zero-order chi connectivity index (χ0) is 18.4. The quantitative estimate of drug-likeness (QED) is 0.557. The topological polar surface area (TPSA) is 43.4 Å². The van der Waals surface area contributed by atoms with Crippen molar-refractivity contribution in [3.63, 3.8) is 0 Å². The van der Waals surface area contributed by atoms with Crippen LogP contribution in [0.25, 0.3) is 0 Å². The van der Waals surface area contributed by atoms with Crippen molar-refractivity contribution in [2.75, 3.05) is 6.61 Å². The van der Waals surface area contributed by atoms with Gasteiger partial charge >= 0.3 is 5.97 Å². The molecule has 0 aliphatic rings. The first kappa shape index (κ1) is 19.3. The van der Waals surface area contributed by atoms with Crippen LogP contribution in [0.15, 0.2) is 53.4 Å². The van der Waals surface area contributed by atoms with E-state index in [4.69, 9.17) is 4.74 Å². The predicted molar refractivity (Wildman–Crippen MR) is 102 cm³/mol. The van der Waals surface area contributed by atoms with E-state index in [0.717, 1.165) is 27.8 Å². The van der Waals surface area contributed by atoms with Crippen molar-refractivity contribution in [2.24, 2.45) is 0 Å². The lowest BCUT2D eigenvalue weighted by Gasteiger charge is -2.21. The Morgan fingerprint density at radius 2 is 1.72 bits per heavy atom. The number of carbonyl (C=O) groups is 2. The maximum absolute atomic E-state index is 12.5. The normalized spacial score (nSPS) is 11.2. The molecule has 0 aliphatic heterocycles. The molecule has 25 heavy (non-hydrogen) atoms. The molecule has 2 aromatic rings. The number of carbonyl (C=O) groups excluding carboxylic acids is 2. The highest BCUT2D eigenvalue weighted by Crippen LogP contribution is 2.31. The van der Waals surface area contributed by atoms with E-state index >= 15 is 0 Å². The number of rotatable bonds is 5. The van der Waals surface area contributed by atoms with Gasteiger partial charge in [0.05, 0.1) is 13.0 Å². The molecule has 0 aliphatic carbocycles. The maximum atomic E-state index is 12.5. The largest absolute Gasteiger partial charge is 0.466 e. The van der Waals surface area contributed by atoms with E-state index in [1.54, 1.807) is 19.1 Å². The third-order valence-corrected chi connectivity index (χ3v) is 4.82. The Kier molecular flexibility index (Phi) is 6.43. The van der Waals surface area contributed by atoms with Crippen molar-refractivity contribution < 1.29 is 14.3 Å². The second-order valence-corrected chi connectivity index (χ2v) is 7.82. The van der Waals surface area contributed by atoms with Gasteiger partial charge in [0.15, 0.2) is 0 Å². The third kappa shape index (κ3) is 5.46. The summed E-state index contributed by atoms with van der Waals surface area (Å²) >= 11 is 1.16. The number of hydrogen-bond donors (Lipinski definition) is 0. The molecule has 0 saturated carbocycles. The molecular weight excluding hydrogens is 332 g/mol. The SMILES string of the molecule is CCOC(=O)Cc1cc(C(C)(C)C)ccc1SC(=O)c1ccccc1. The van der Waals surface area contributed by atoms with Gasteiger partial charge in [-0.1, -0.05) is 63.2 Å². The fourth-order valence-electron chi connectivity index (χ4n) is 2.38. The minimum Gasteiger partial charge on any atom is -0.466 e. The van der Waals surface area contributed by atoms with E-state index in [-0.39, 0.29) is 22.9 Å². The van der Waals surface area contributed by atoms with E-state index in [1.807, 2.05) is 36.4 Å². The van der Waals surface area contributed by atoms with Gasteiger partial charge in [0.25, 0.3) is 0 Å². The second kappa shape index (κ2) is 8.34. The lowest BCUT2D eigenvalue weighted by molar-refractivity contribution is -0.142. The van der Waals surface area contributed by atoms with Crippen molar-refractivity contribution in [1.82, 2.24) is 0 Å². The summed E-state index contributed by atoms with van der Waals surface area (Å²) in [5.74, 6) is -0.275. The van der Waals surface area contributed by atoms with Crippen molar-refractivity contribution in [2.45, 2.75) is 44.4 Å². The van der Waals surface area contributed by atoms with Crippen molar-refractivity contribution in [1.29, 1.82) is 0 Å². The summed E-state index contributed by atoms with van der Waals surface area (Å²) in [5.41, 5.74) is 2.58. The Labute approximate surface area is 153 Å². The average molecular weight is 356 g/mol. The van der Waals surface area contributed by atoms with Crippen LogP contribution in [0.1, 0.15) is 49.2 Å². The highest BCUT2D eigenvalue weighted by molar-refractivity contribution is 8.14. The molecule has 0 saturated heterocycles. The fourth-order valence-corrected chi connectivity index (χ4v) is 3.24. The van der Waals surface area contributed by atoms with Gasteiger partial charge < -0.3 is 4.74 Å². The molecule has 0 aromatic heterocycles. The first-order valence-corrected chi connectivity index (χ1v) is 9.19. The van der Waals surface area contributed by atoms with Crippen LogP contribution in [0.4, 0.5) is 0 Å². The van der Waals surface area contributed by atoms with Crippen LogP contribution in [0.3, 0.4) is 0 Å². The highest BCUT2D eigenvalue weighted by Gasteiger charge is 2.19. The van der Waals surface area contributed by atoms with Gasteiger partial charge in [0, 0.05) is 10.5 Å². The van der Waals surface area contributed by atoms with Crippen LogP contribution in [0.5, 0.6) is 0 Å². The smallest absolute Gasteiger partial charge is 0.310 e. The lowest BCUT2D eigenvalue weighted by atomic mass is 9.86.